The third-order valence-corrected chi connectivity index (χ3v) is 3.65. The van der Waals surface area contributed by atoms with Gasteiger partial charge in [0.1, 0.15) is 18.1 Å². The molecule has 1 heterocycles. The van der Waals surface area contributed by atoms with Crippen molar-refractivity contribution in [1.82, 2.24) is 4.90 Å². The molecule has 0 N–H and O–H groups in total. The van der Waals surface area contributed by atoms with Crippen molar-refractivity contribution < 1.29 is 9.47 Å². The van der Waals surface area contributed by atoms with Gasteiger partial charge in [0, 0.05) is 12.6 Å². The van der Waals surface area contributed by atoms with Gasteiger partial charge in [-0.25, -0.2) is 0 Å². The van der Waals surface area contributed by atoms with Crippen LogP contribution in [-0.2, 0) is 0 Å². The molecule has 3 nitrogen and oxygen atoms in total. The van der Waals surface area contributed by atoms with E-state index >= 15 is 0 Å². The van der Waals surface area contributed by atoms with Gasteiger partial charge < -0.3 is 9.47 Å². The lowest BCUT2D eigenvalue weighted by Crippen LogP contribution is -2.39. The summed E-state index contributed by atoms with van der Waals surface area (Å²) in [5.74, 6) is 1.78. The van der Waals surface area contributed by atoms with E-state index in [9.17, 15) is 0 Å². The van der Waals surface area contributed by atoms with Gasteiger partial charge in [-0.15, -0.1) is 12.4 Å². The predicted molar refractivity (Wildman–Crippen MR) is 80.6 cm³/mol. The van der Waals surface area contributed by atoms with Crippen LogP contribution in [0.15, 0.2) is 24.3 Å². The van der Waals surface area contributed by atoms with Crippen LogP contribution in [0.3, 0.4) is 0 Å². The number of piperidine rings is 1. The SMILES string of the molecule is COc1ccc(OCCN2CCCC[C@@H]2C)cc1.Cl. The third kappa shape index (κ3) is 4.92. The molecule has 0 aromatic heterocycles. The summed E-state index contributed by atoms with van der Waals surface area (Å²) in [4.78, 5) is 2.52. The topological polar surface area (TPSA) is 21.7 Å². The number of ether oxygens (including phenoxy) is 2. The number of likely N-dealkylation sites (tertiary alicyclic amines) is 1. The number of halogens is 1. The smallest absolute Gasteiger partial charge is 0.119 e. The maximum atomic E-state index is 5.76. The highest BCUT2D eigenvalue weighted by molar-refractivity contribution is 5.85. The van der Waals surface area contributed by atoms with Crippen molar-refractivity contribution >= 4 is 12.4 Å². The van der Waals surface area contributed by atoms with Gasteiger partial charge in [0.05, 0.1) is 7.11 Å². The predicted octanol–water partition coefficient (Wildman–Crippen LogP) is 3.37. The molecule has 0 radical (unpaired) electrons. The normalized spacial score (nSPS) is 19.6. The number of methoxy groups -OCH3 is 1. The van der Waals surface area contributed by atoms with E-state index in [0.717, 1.165) is 24.7 Å². The van der Waals surface area contributed by atoms with E-state index in [1.54, 1.807) is 7.11 Å². The van der Waals surface area contributed by atoms with Gasteiger partial charge in [0.15, 0.2) is 0 Å². The zero-order valence-electron chi connectivity index (χ0n) is 11.8. The summed E-state index contributed by atoms with van der Waals surface area (Å²) >= 11 is 0. The fourth-order valence-electron chi connectivity index (χ4n) is 2.44. The molecule has 108 valence electrons. The largest absolute Gasteiger partial charge is 0.497 e. The van der Waals surface area contributed by atoms with Crippen molar-refractivity contribution in [2.45, 2.75) is 32.2 Å². The third-order valence-electron chi connectivity index (χ3n) is 3.65. The molecule has 2 rings (SSSR count). The Morgan fingerprint density at radius 1 is 1.16 bits per heavy atom. The summed E-state index contributed by atoms with van der Waals surface area (Å²) in [6.45, 7) is 5.31. The molecular formula is C15H24ClNO2. The fraction of sp³-hybridized carbons (Fsp3) is 0.600. The highest BCUT2D eigenvalue weighted by Gasteiger charge is 2.17. The van der Waals surface area contributed by atoms with Crippen LogP contribution < -0.4 is 9.47 Å². The molecule has 1 fully saturated rings. The van der Waals surface area contributed by atoms with Crippen LogP contribution in [0.5, 0.6) is 11.5 Å². The number of hydrogen-bond acceptors (Lipinski definition) is 3. The van der Waals surface area contributed by atoms with Gasteiger partial charge in [-0.2, -0.15) is 0 Å². The number of benzene rings is 1. The molecular weight excluding hydrogens is 262 g/mol. The Morgan fingerprint density at radius 2 is 1.84 bits per heavy atom. The minimum absolute atomic E-state index is 0. The molecule has 1 aromatic carbocycles. The first-order valence-corrected chi connectivity index (χ1v) is 6.80. The zero-order chi connectivity index (χ0) is 12.8. The molecule has 0 spiro atoms. The molecule has 0 unspecified atom stereocenters. The van der Waals surface area contributed by atoms with E-state index in [-0.39, 0.29) is 12.4 Å². The lowest BCUT2D eigenvalue weighted by Gasteiger charge is -2.33. The van der Waals surface area contributed by atoms with Crippen LogP contribution >= 0.6 is 12.4 Å². The lowest BCUT2D eigenvalue weighted by molar-refractivity contribution is 0.133. The zero-order valence-corrected chi connectivity index (χ0v) is 12.6. The summed E-state index contributed by atoms with van der Waals surface area (Å²) in [5.41, 5.74) is 0. The highest BCUT2D eigenvalue weighted by Crippen LogP contribution is 2.18. The van der Waals surface area contributed by atoms with Gasteiger partial charge in [-0.1, -0.05) is 6.42 Å². The molecule has 0 aliphatic carbocycles. The first kappa shape index (κ1) is 16.1. The number of nitrogens with zero attached hydrogens (tertiary/aromatic N) is 1. The van der Waals surface area contributed by atoms with Gasteiger partial charge in [0.25, 0.3) is 0 Å². The molecule has 1 aromatic rings. The average molecular weight is 286 g/mol. The summed E-state index contributed by atoms with van der Waals surface area (Å²) in [5, 5.41) is 0. The van der Waals surface area contributed by atoms with Crippen LogP contribution in [-0.4, -0.2) is 37.7 Å². The van der Waals surface area contributed by atoms with Crippen LogP contribution in [0.2, 0.25) is 0 Å². The molecule has 1 atom stereocenters. The molecule has 1 aliphatic rings. The van der Waals surface area contributed by atoms with E-state index in [0.29, 0.717) is 6.04 Å². The van der Waals surface area contributed by atoms with E-state index < -0.39 is 0 Å². The van der Waals surface area contributed by atoms with Crippen molar-refractivity contribution in [3.05, 3.63) is 24.3 Å². The van der Waals surface area contributed by atoms with Crippen molar-refractivity contribution in [2.24, 2.45) is 0 Å². The second-order valence-corrected chi connectivity index (χ2v) is 4.90. The Hall–Kier alpha value is -0.930. The molecule has 0 amide bonds. The molecule has 1 aliphatic heterocycles. The lowest BCUT2D eigenvalue weighted by atomic mass is 10.0. The van der Waals surface area contributed by atoms with Crippen LogP contribution in [0.1, 0.15) is 26.2 Å². The Bertz CT molecular complexity index is 356. The monoisotopic (exact) mass is 285 g/mol. The minimum atomic E-state index is 0. The Labute approximate surface area is 122 Å². The average Bonchev–Trinajstić information content (AvgIpc) is 2.42. The van der Waals surface area contributed by atoms with Crippen molar-refractivity contribution in [3.8, 4) is 11.5 Å². The molecule has 0 saturated carbocycles. The first-order chi connectivity index (χ1) is 8.79. The molecule has 19 heavy (non-hydrogen) atoms. The minimum Gasteiger partial charge on any atom is -0.497 e. The quantitative estimate of drug-likeness (QED) is 0.828. The Kier molecular flexibility index (Phi) is 7.03. The maximum absolute atomic E-state index is 5.76. The maximum Gasteiger partial charge on any atom is 0.119 e. The molecule has 4 heteroatoms. The van der Waals surface area contributed by atoms with Crippen molar-refractivity contribution in [2.75, 3.05) is 26.8 Å². The molecule has 1 saturated heterocycles. The summed E-state index contributed by atoms with van der Waals surface area (Å²) < 4.78 is 10.9. The van der Waals surface area contributed by atoms with E-state index in [2.05, 4.69) is 11.8 Å². The number of rotatable bonds is 5. The van der Waals surface area contributed by atoms with Crippen molar-refractivity contribution in [1.29, 1.82) is 0 Å². The van der Waals surface area contributed by atoms with Crippen molar-refractivity contribution in [3.63, 3.8) is 0 Å². The summed E-state index contributed by atoms with van der Waals surface area (Å²) in [6, 6.07) is 8.48. The van der Waals surface area contributed by atoms with Gasteiger partial charge in [-0.05, 0) is 50.6 Å². The Balaban J connectivity index is 0.00000180. The van der Waals surface area contributed by atoms with Crippen LogP contribution in [0.4, 0.5) is 0 Å². The number of hydrogen-bond donors (Lipinski definition) is 0. The second kappa shape index (κ2) is 8.28. The second-order valence-electron chi connectivity index (χ2n) is 4.90. The van der Waals surface area contributed by atoms with E-state index in [4.69, 9.17) is 9.47 Å². The fourth-order valence-corrected chi connectivity index (χ4v) is 2.44. The van der Waals surface area contributed by atoms with Crippen LogP contribution in [0.25, 0.3) is 0 Å². The Morgan fingerprint density at radius 3 is 2.47 bits per heavy atom. The molecule has 0 bridgehead atoms. The van der Waals surface area contributed by atoms with E-state index in [1.807, 2.05) is 24.3 Å². The first-order valence-electron chi connectivity index (χ1n) is 6.80. The highest BCUT2D eigenvalue weighted by atomic mass is 35.5. The summed E-state index contributed by atoms with van der Waals surface area (Å²) in [6.07, 6.45) is 4.02. The van der Waals surface area contributed by atoms with Gasteiger partial charge in [-0.3, -0.25) is 4.90 Å². The van der Waals surface area contributed by atoms with E-state index in [1.165, 1.54) is 25.8 Å². The van der Waals surface area contributed by atoms with Crippen LogP contribution in [0, 0.1) is 0 Å². The van der Waals surface area contributed by atoms with Gasteiger partial charge in [0.2, 0.25) is 0 Å². The standard InChI is InChI=1S/C15H23NO2.ClH/c1-13-5-3-4-10-16(13)11-12-18-15-8-6-14(17-2)7-9-15;/h6-9,13H,3-5,10-12H2,1-2H3;1H/t13-;/m0./s1. The summed E-state index contributed by atoms with van der Waals surface area (Å²) in [7, 11) is 1.67. The van der Waals surface area contributed by atoms with Gasteiger partial charge >= 0.3 is 0 Å².